The fourth-order valence-electron chi connectivity index (χ4n) is 3.23. The van der Waals surface area contributed by atoms with Crippen LogP contribution in [0.5, 0.6) is 0 Å². The van der Waals surface area contributed by atoms with Gasteiger partial charge in [0.25, 0.3) is 0 Å². The SMILES string of the molecule is N#Cc1ccc(N2CCN(C(=O)C3CCCC3)CC2)nc1. The van der Waals surface area contributed by atoms with Crippen LogP contribution in [0.3, 0.4) is 0 Å². The van der Waals surface area contributed by atoms with Crippen LogP contribution < -0.4 is 4.90 Å². The van der Waals surface area contributed by atoms with E-state index in [9.17, 15) is 4.79 Å². The van der Waals surface area contributed by atoms with E-state index in [4.69, 9.17) is 5.26 Å². The average molecular weight is 284 g/mol. The molecule has 1 amide bonds. The van der Waals surface area contributed by atoms with E-state index in [1.165, 1.54) is 12.8 Å². The maximum Gasteiger partial charge on any atom is 0.225 e. The number of amides is 1. The van der Waals surface area contributed by atoms with Gasteiger partial charge in [0.2, 0.25) is 5.91 Å². The molecular formula is C16H20N4O. The Morgan fingerprint density at radius 2 is 1.90 bits per heavy atom. The molecule has 1 saturated carbocycles. The predicted molar refractivity (Wildman–Crippen MR) is 79.7 cm³/mol. The molecule has 0 atom stereocenters. The summed E-state index contributed by atoms with van der Waals surface area (Å²) in [4.78, 5) is 20.9. The first-order valence-corrected chi connectivity index (χ1v) is 7.68. The van der Waals surface area contributed by atoms with Crippen LogP contribution in [0.25, 0.3) is 0 Å². The lowest BCUT2D eigenvalue weighted by atomic mass is 10.1. The molecule has 0 radical (unpaired) electrons. The Bertz CT molecular complexity index is 534. The average Bonchev–Trinajstić information content (AvgIpc) is 3.09. The van der Waals surface area contributed by atoms with Gasteiger partial charge in [-0.2, -0.15) is 5.26 Å². The third-order valence-corrected chi connectivity index (χ3v) is 4.50. The van der Waals surface area contributed by atoms with E-state index < -0.39 is 0 Å². The van der Waals surface area contributed by atoms with Gasteiger partial charge in [-0.05, 0) is 25.0 Å². The van der Waals surface area contributed by atoms with Gasteiger partial charge in [0.1, 0.15) is 11.9 Å². The molecule has 2 heterocycles. The Kier molecular flexibility index (Phi) is 4.05. The first kappa shape index (κ1) is 13.9. The molecule has 21 heavy (non-hydrogen) atoms. The number of rotatable bonds is 2. The van der Waals surface area contributed by atoms with Crippen molar-refractivity contribution in [2.45, 2.75) is 25.7 Å². The van der Waals surface area contributed by atoms with E-state index in [0.717, 1.165) is 44.8 Å². The number of hydrogen-bond donors (Lipinski definition) is 0. The number of piperazine rings is 1. The number of aromatic nitrogens is 1. The van der Waals surface area contributed by atoms with Gasteiger partial charge in [0.05, 0.1) is 5.56 Å². The molecule has 0 bridgehead atoms. The van der Waals surface area contributed by atoms with Crippen LogP contribution in [0.15, 0.2) is 18.3 Å². The standard InChI is InChI=1S/C16H20N4O/c17-11-13-5-6-15(18-12-13)19-7-9-20(10-8-19)16(21)14-3-1-2-4-14/h5-6,12,14H,1-4,7-10H2. The summed E-state index contributed by atoms with van der Waals surface area (Å²) in [7, 11) is 0. The van der Waals surface area contributed by atoms with E-state index in [-0.39, 0.29) is 5.92 Å². The van der Waals surface area contributed by atoms with E-state index >= 15 is 0 Å². The second-order valence-electron chi connectivity index (χ2n) is 5.81. The molecule has 2 fully saturated rings. The molecule has 3 rings (SSSR count). The number of anilines is 1. The zero-order valence-corrected chi connectivity index (χ0v) is 12.2. The highest BCUT2D eigenvalue weighted by molar-refractivity contribution is 5.79. The fraction of sp³-hybridized carbons (Fsp3) is 0.562. The van der Waals surface area contributed by atoms with Crippen molar-refractivity contribution in [3.05, 3.63) is 23.9 Å². The topological polar surface area (TPSA) is 60.2 Å². The quantitative estimate of drug-likeness (QED) is 0.830. The number of nitriles is 1. The fourth-order valence-corrected chi connectivity index (χ4v) is 3.23. The molecule has 5 heteroatoms. The minimum Gasteiger partial charge on any atom is -0.353 e. The molecular weight excluding hydrogens is 264 g/mol. The van der Waals surface area contributed by atoms with Crippen LogP contribution in [0.4, 0.5) is 5.82 Å². The number of carbonyl (C=O) groups excluding carboxylic acids is 1. The van der Waals surface area contributed by atoms with Gasteiger partial charge in [0.15, 0.2) is 0 Å². The van der Waals surface area contributed by atoms with Crippen molar-refractivity contribution in [2.75, 3.05) is 31.1 Å². The number of nitrogens with zero attached hydrogens (tertiary/aromatic N) is 4. The summed E-state index contributed by atoms with van der Waals surface area (Å²) < 4.78 is 0. The van der Waals surface area contributed by atoms with Crippen LogP contribution in [0.2, 0.25) is 0 Å². The molecule has 1 aliphatic carbocycles. The normalized spacial score (nSPS) is 19.6. The summed E-state index contributed by atoms with van der Waals surface area (Å²) in [6.07, 6.45) is 6.13. The van der Waals surface area contributed by atoms with E-state index in [1.54, 1.807) is 12.3 Å². The smallest absolute Gasteiger partial charge is 0.225 e. The van der Waals surface area contributed by atoms with E-state index in [0.29, 0.717) is 11.5 Å². The zero-order chi connectivity index (χ0) is 14.7. The molecule has 0 aromatic carbocycles. The molecule has 2 aliphatic rings. The van der Waals surface area contributed by atoms with E-state index in [2.05, 4.69) is 16.0 Å². The first-order chi connectivity index (χ1) is 10.3. The van der Waals surface area contributed by atoms with Crippen LogP contribution in [0.1, 0.15) is 31.2 Å². The predicted octanol–water partition coefficient (Wildman–Crippen LogP) is 1.79. The Morgan fingerprint density at radius 3 is 2.48 bits per heavy atom. The highest BCUT2D eigenvalue weighted by Crippen LogP contribution is 2.27. The molecule has 1 aromatic rings. The summed E-state index contributed by atoms with van der Waals surface area (Å²) in [5.41, 5.74) is 0.578. The molecule has 0 spiro atoms. The maximum absolute atomic E-state index is 12.4. The minimum atomic E-state index is 0.268. The first-order valence-electron chi connectivity index (χ1n) is 7.68. The van der Waals surface area contributed by atoms with Crippen molar-refractivity contribution >= 4 is 11.7 Å². The van der Waals surface area contributed by atoms with Crippen LogP contribution in [-0.4, -0.2) is 42.0 Å². The third-order valence-electron chi connectivity index (χ3n) is 4.50. The molecule has 110 valence electrons. The third kappa shape index (κ3) is 2.99. The van der Waals surface area contributed by atoms with Gasteiger partial charge < -0.3 is 9.80 Å². The van der Waals surface area contributed by atoms with Crippen molar-refractivity contribution < 1.29 is 4.79 Å². The monoisotopic (exact) mass is 284 g/mol. The minimum absolute atomic E-state index is 0.268. The maximum atomic E-state index is 12.4. The van der Waals surface area contributed by atoms with Crippen molar-refractivity contribution in [1.29, 1.82) is 5.26 Å². The number of hydrogen-bond acceptors (Lipinski definition) is 4. The van der Waals surface area contributed by atoms with Crippen LogP contribution >= 0.6 is 0 Å². The van der Waals surface area contributed by atoms with Gasteiger partial charge >= 0.3 is 0 Å². The largest absolute Gasteiger partial charge is 0.353 e. The molecule has 1 saturated heterocycles. The van der Waals surface area contributed by atoms with Crippen LogP contribution in [0, 0.1) is 17.2 Å². The molecule has 1 aliphatic heterocycles. The lowest BCUT2D eigenvalue weighted by Crippen LogP contribution is -2.50. The highest BCUT2D eigenvalue weighted by Gasteiger charge is 2.29. The van der Waals surface area contributed by atoms with Gasteiger partial charge in [-0.15, -0.1) is 0 Å². The summed E-state index contributed by atoms with van der Waals surface area (Å²) in [6.45, 7) is 3.18. The van der Waals surface area contributed by atoms with Gasteiger partial charge in [0, 0.05) is 38.3 Å². The van der Waals surface area contributed by atoms with Crippen molar-refractivity contribution in [2.24, 2.45) is 5.92 Å². The van der Waals surface area contributed by atoms with Gasteiger partial charge in [-0.25, -0.2) is 4.98 Å². The second-order valence-corrected chi connectivity index (χ2v) is 5.81. The van der Waals surface area contributed by atoms with Gasteiger partial charge in [-0.3, -0.25) is 4.79 Å². The molecule has 1 aromatic heterocycles. The van der Waals surface area contributed by atoms with E-state index in [1.807, 2.05) is 11.0 Å². The van der Waals surface area contributed by atoms with Crippen molar-refractivity contribution in [1.82, 2.24) is 9.88 Å². The molecule has 5 nitrogen and oxygen atoms in total. The Hall–Kier alpha value is -2.09. The van der Waals surface area contributed by atoms with Crippen molar-refractivity contribution in [3.8, 4) is 6.07 Å². The highest BCUT2D eigenvalue weighted by atomic mass is 16.2. The van der Waals surface area contributed by atoms with Gasteiger partial charge in [-0.1, -0.05) is 12.8 Å². The zero-order valence-electron chi connectivity index (χ0n) is 12.2. The second kappa shape index (κ2) is 6.13. The Morgan fingerprint density at radius 1 is 1.19 bits per heavy atom. The Labute approximate surface area is 125 Å². The summed E-state index contributed by atoms with van der Waals surface area (Å²) >= 11 is 0. The molecule has 0 N–H and O–H groups in total. The summed E-state index contributed by atoms with van der Waals surface area (Å²) in [6, 6.07) is 5.75. The van der Waals surface area contributed by atoms with Crippen molar-refractivity contribution in [3.63, 3.8) is 0 Å². The van der Waals surface area contributed by atoms with Crippen LogP contribution in [-0.2, 0) is 4.79 Å². The number of carbonyl (C=O) groups is 1. The Balaban J connectivity index is 1.57. The lowest BCUT2D eigenvalue weighted by molar-refractivity contribution is -0.135. The summed E-state index contributed by atoms with van der Waals surface area (Å²) in [5.74, 6) is 1.51. The molecule has 0 unspecified atom stereocenters. The lowest BCUT2D eigenvalue weighted by Gasteiger charge is -2.36. The number of pyridine rings is 1. The summed E-state index contributed by atoms with van der Waals surface area (Å²) in [5, 5.41) is 8.79.